The van der Waals surface area contributed by atoms with Crippen LogP contribution in [0.5, 0.6) is 0 Å². The average molecular weight is 969 g/mol. The number of pyridine rings is 2. The zero-order valence-corrected chi connectivity index (χ0v) is 40.6. The predicted octanol–water partition coefficient (Wildman–Crippen LogP) is 5.64. The van der Waals surface area contributed by atoms with E-state index in [1.807, 2.05) is 78.3 Å². The van der Waals surface area contributed by atoms with E-state index in [-0.39, 0.29) is 36.7 Å². The number of aldehydes is 1. The molecule has 1 aliphatic heterocycles. The number of carbonyl (C=O) groups excluding carboxylic acids is 2. The van der Waals surface area contributed by atoms with Gasteiger partial charge in [-0.3, -0.25) is 14.6 Å². The summed E-state index contributed by atoms with van der Waals surface area (Å²) in [4.78, 5) is 59.9. The Morgan fingerprint density at radius 1 is 0.696 bits per heavy atom. The third kappa shape index (κ3) is 22.2. The Bertz CT molecular complexity index is 2220. The largest absolute Gasteiger partial charge is 0.477 e. The monoisotopic (exact) mass is 968 g/mol. The maximum Gasteiger partial charge on any atom is 0.354 e. The van der Waals surface area contributed by atoms with Crippen LogP contribution in [-0.2, 0) is 43.4 Å². The van der Waals surface area contributed by atoms with Gasteiger partial charge in [-0.1, -0.05) is 60.7 Å². The molecule has 0 unspecified atom stereocenters. The van der Waals surface area contributed by atoms with Crippen LogP contribution in [0.15, 0.2) is 84.9 Å². The minimum atomic E-state index is -1.08. The number of carboxylic acids is 2. The number of amides is 1. The maximum atomic E-state index is 12.5. The van der Waals surface area contributed by atoms with E-state index in [1.165, 1.54) is 37.1 Å². The van der Waals surface area contributed by atoms with Gasteiger partial charge in [0, 0.05) is 69.8 Å². The van der Waals surface area contributed by atoms with E-state index >= 15 is 0 Å². The summed E-state index contributed by atoms with van der Waals surface area (Å²) >= 11 is 1.98. The van der Waals surface area contributed by atoms with E-state index in [1.54, 1.807) is 23.1 Å². The second-order valence-electron chi connectivity index (χ2n) is 16.0. The number of aliphatic hydroxyl groups excluding tert-OH is 1. The number of nitrogens with zero attached hydrogens (tertiary/aromatic N) is 5. The number of para-hydroxylation sites is 1. The molecule has 69 heavy (non-hydrogen) atoms. The van der Waals surface area contributed by atoms with E-state index in [0.717, 1.165) is 47.4 Å². The number of anilines is 1. The first-order valence-electron chi connectivity index (χ1n) is 23.5. The van der Waals surface area contributed by atoms with Gasteiger partial charge in [0.1, 0.15) is 17.7 Å². The van der Waals surface area contributed by atoms with Crippen LogP contribution in [0.4, 0.5) is 5.69 Å². The minimum Gasteiger partial charge on any atom is -0.477 e. The lowest BCUT2D eigenvalue weighted by molar-refractivity contribution is -0.120. The number of carbonyl (C=O) groups is 4. The van der Waals surface area contributed by atoms with Crippen LogP contribution in [0.1, 0.15) is 87.6 Å². The Morgan fingerprint density at radius 2 is 1.26 bits per heavy atom. The molecular weight excluding hydrogens is 901 g/mol. The van der Waals surface area contributed by atoms with Crippen molar-refractivity contribution < 1.29 is 48.7 Å². The number of rotatable bonds is 33. The molecule has 1 aliphatic rings. The van der Waals surface area contributed by atoms with Crippen molar-refractivity contribution in [2.24, 2.45) is 0 Å². The molecule has 0 bridgehead atoms. The summed E-state index contributed by atoms with van der Waals surface area (Å²) in [6, 6.07) is 25.3. The summed E-state index contributed by atoms with van der Waals surface area (Å²) in [7, 11) is 1.99. The molecule has 0 aliphatic carbocycles. The van der Waals surface area contributed by atoms with Gasteiger partial charge in [-0.25, -0.2) is 19.6 Å². The number of carboxylic acid groups (broad SMARTS) is 2. The summed E-state index contributed by atoms with van der Waals surface area (Å²) < 4.78 is 17.4. The zero-order valence-electron chi connectivity index (χ0n) is 39.8. The van der Waals surface area contributed by atoms with Crippen molar-refractivity contribution in [2.75, 3.05) is 102 Å². The predicted molar refractivity (Wildman–Crippen MR) is 268 cm³/mol. The number of aromatic carboxylic acids is 2. The highest BCUT2D eigenvalue weighted by molar-refractivity contribution is 7.99. The first-order valence-corrected chi connectivity index (χ1v) is 24.7. The molecule has 17 heteroatoms. The van der Waals surface area contributed by atoms with Crippen molar-refractivity contribution in [1.82, 2.24) is 25.1 Å². The van der Waals surface area contributed by atoms with Crippen LogP contribution in [0.25, 0.3) is 0 Å². The minimum absolute atomic E-state index is 0.0113. The van der Waals surface area contributed by atoms with Gasteiger partial charge in [-0.2, -0.15) is 11.8 Å². The quantitative estimate of drug-likeness (QED) is 0.0259. The zero-order chi connectivity index (χ0) is 49.3. The maximum absolute atomic E-state index is 12.5. The van der Waals surface area contributed by atoms with Gasteiger partial charge in [0.05, 0.1) is 63.3 Å². The lowest BCUT2D eigenvalue weighted by Gasteiger charge is -2.25. The second kappa shape index (κ2) is 33.9. The number of fused-ring (bicyclic) bond motifs is 2. The summed E-state index contributed by atoms with van der Waals surface area (Å²) in [5.41, 5.74) is 4.89. The Hall–Kier alpha value is -5.55. The van der Waals surface area contributed by atoms with E-state index < -0.39 is 11.9 Å². The normalized spacial score (nSPS) is 11.7. The van der Waals surface area contributed by atoms with Crippen molar-refractivity contribution in [3.05, 3.63) is 124 Å². The van der Waals surface area contributed by atoms with Gasteiger partial charge in [0.15, 0.2) is 0 Å². The van der Waals surface area contributed by atoms with Crippen LogP contribution < -0.4 is 10.2 Å². The van der Waals surface area contributed by atoms with Gasteiger partial charge in [-0.05, 0) is 92.4 Å². The van der Waals surface area contributed by atoms with Crippen LogP contribution >= 0.6 is 11.8 Å². The van der Waals surface area contributed by atoms with Crippen LogP contribution in [0.2, 0.25) is 0 Å². The summed E-state index contributed by atoms with van der Waals surface area (Å²) in [6.07, 6.45) is 5.99. The highest BCUT2D eigenvalue weighted by atomic mass is 32.2. The highest BCUT2D eigenvalue weighted by Crippen LogP contribution is 2.26. The molecule has 2 aromatic heterocycles. The molecule has 372 valence electrons. The standard InChI is InChI=1S/C33H53N5O8S.C19H15NO2/c1-34-12-3-2-4-24-47-25-7-18-44-19-15-38(27-29-9-6-11-31(36-29)33(42)43)16-21-46-23-22-45-20-14-37(13-17-39)26-28-8-5-10-30(35-28)32(40)41;21-13-5-10-19(22)20-14-17-8-2-1-6-15(17)11-12-16-7-3-4-9-18(16)20/h5-6,8-11,34,39H,2-4,7,12-27H2,1H3,(H,40,41)(H,42,43);1-4,6-9,13H,5,10,14H2. The van der Waals surface area contributed by atoms with E-state index in [9.17, 15) is 29.4 Å². The second-order valence-corrected chi connectivity index (χ2v) is 17.2. The lowest BCUT2D eigenvalue weighted by Crippen LogP contribution is -2.32. The molecule has 3 heterocycles. The molecule has 0 radical (unpaired) electrons. The van der Waals surface area contributed by atoms with Gasteiger partial charge >= 0.3 is 11.9 Å². The fourth-order valence-electron chi connectivity index (χ4n) is 7.09. The number of benzene rings is 2. The van der Waals surface area contributed by atoms with Crippen LogP contribution in [0.3, 0.4) is 0 Å². The van der Waals surface area contributed by atoms with Gasteiger partial charge in [-0.15, -0.1) is 0 Å². The van der Waals surface area contributed by atoms with Gasteiger partial charge in [0.25, 0.3) is 0 Å². The number of hydrogen-bond acceptors (Lipinski definition) is 14. The number of aromatic nitrogens is 2. The number of thioether (sulfide) groups is 1. The molecule has 0 saturated heterocycles. The number of unbranched alkanes of at least 4 members (excludes halogenated alkanes) is 2. The fourth-order valence-corrected chi connectivity index (χ4v) is 8.02. The molecule has 1 amide bonds. The number of nitrogens with one attached hydrogen (secondary N) is 1. The molecule has 0 atom stereocenters. The number of aliphatic hydroxyl groups is 1. The highest BCUT2D eigenvalue weighted by Gasteiger charge is 2.21. The van der Waals surface area contributed by atoms with Crippen LogP contribution in [-0.4, -0.2) is 157 Å². The van der Waals surface area contributed by atoms with Crippen molar-refractivity contribution in [2.45, 2.75) is 58.2 Å². The third-order valence-corrected chi connectivity index (χ3v) is 11.9. The molecule has 0 fully saturated rings. The van der Waals surface area contributed by atoms with Crippen molar-refractivity contribution in [3.63, 3.8) is 0 Å². The van der Waals surface area contributed by atoms with Gasteiger partial charge in [0.2, 0.25) is 5.91 Å². The summed E-state index contributed by atoms with van der Waals surface area (Å²) in [6.45, 7) is 7.64. The fraction of sp³-hybridized carbons (Fsp3) is 0.462. The Balaban J connectivity index is 0.000000388. The molecule has 0 spiro atoms. The molecular formula is C52H68N6O10S. The average Bonchev–Trinajstić information content (AvgIpc) is 3.35. The smallest absolute Gasteiger partial charge is 0.354 e. The molecule has 4 aromatic rings. The Kier molecular flexibility index (Phi) is 27.5. The number of hydrogen-bond donors (Lipinski definition) is 4. The van der Waals surface area contributed by atoms with Crippen molar-refractivity contribution in [1.29, 1.82) is 0 Å². The topological polar surface area (TPSA) is 204 Å². The first-order chi connectivity index (χ1) is 33.7. The van der Waals surface area contributed by atoms with Crippen LogP contribution in [0, 0.1) is 11.8 Å². The Morgan fingerprint density at radius 3 is 1.87 bits per heavy atom. The Labute approximate surface area is 410 Å². The first kappa shape index (κ1) is 56.0. The summed E-state index contributed by atoms with van der Waals surface area (Å²) in [5, 5.41) is 31.1. The SMILES string of the molecule is CNCCCCCSCCCOCCN(CCOCCOCCN(CCO)Cc1cccc(C(=O)O)n1)Cc1cccc(C(=O)O)n1.O=CCCC(=O)N1Cc2ccccc2C#Cc2ccccc21. The van der Waals surface area contributed by atoms with E-state index in [2.05, 4.69) is 32.0 Å². The van der Waals surface area contributed by atoms with Gasteiger partial charge < -0.3 is 44.5 Å². The van der Waals surface area contributed by atoms with Crippen molar-refractivity contribution in [3.8, 4) is 11.8 Å². The lowest BCUT2D eigenvalue weighted by atomic mass is 10.0. The molecule has 4 N–H and O–H groups in total. The molecule has 5 rings (SSSR count). The van der Waals surface area contributed by atoms with E-state index in [0.29, 0.717) is 96.8 Å². The van der Waals surface area contributed by atoms with E-state index in [4.69, 9.17) is 19.3 Å². The molecule has 16 nitrogen and oxygen atoms in total. The molecule has 0 saturated carbocycles. The summed E-state index contributed by atoms with van der Waals surface area (Å²) in [5.74, 6) is 6.43. The third-order valence-electron chi connectivity index (χ3n) is 10.7. The number of ether oxygens (including phenoxy) is 3. The molecule has 2 aromatic carbocycles. The van der Waals surface area contributed by atoms with Crippen molar-refractivity contribution >= 4 is 41.6 Å².